The topological polar surface area (TPSA) is 64.8 Å². The average molecular weight is 310 g/mol. The fourth-order valence-corrected chi connectivity index (χ4v) is 3.95. The number of rotatable bonds is 4. The van der Waals surface area contributed by atoms with E-state index in [-0.39, 0.29) is 30.1 Å². The highest BCUT2D eigenvalue weighted by Gasteiger charge is 2.35. The highest BCUT2D eigenvalue weighted by molar-refractivity contribution is 5.80. The van der Waals surface area contributed by atoms with Gasteiger partial charge in [0.1, 0.15) is 0 Å². The molecule has 2 saturated heterocycles. The van der Waals surface area contributed by atoms with E-state index in [0.717, 1.165) is 58.2 Å². The first-order valence-electron chi connectivity index (χ1n) is 9.01. The summed E-state index contributed by atoms with van der Waals surface area (Å²) in [6.07, 6.45) is 9.07. The molecule has 1 aliphatic carbocycles. The van der Waals surface area contributed by atoms with Crippen LogP contribution < -0.4 is 5.73 Å². The average Bonchev–Trinajstić information content (AvgIpc) is 3.00. The summed E-state index contributed by atoms with van der Waals surface area (Å²) in [5.74, 6) is 0.340. The Morgan fingerprint density at radius 3 is 2.55 bits per heavy atom. The molecule has 3 unspecified atom stereocenters. The maximum absolute atomic E-state index is 12.5. The van der Waals surface area contributed by atoms with Crippen molar-refractivity contribution >= 4 is 5.91 Å². The van der Waals surface area contributed by atoms with Gasteiger partial charge >= 0.3 is 0 Å². The molecule has 2 heterocycles. The zero-order chi connectivity index (χ0) is 15.4. The van der Waals surface area contributed by atoms with E-state index in [4.69, 9.17) is 15.2 Å². The molecule has 3 fully saturated rings. The van der Waals surface area contributed by atoms with Crippen molar-refractivity contribution in [1.82, 2.24) is 4.90 Å². The monoisotopic (exact) mass is 310 g/mol. The number of hydrogen-bond donors (Lipinski definition) is 1. The number of carbonyl (C=O) groups excluding carboxylic acids is 1. The molecule has 0 aromatic rings. The van der Waals surface area contributed by atoms with Crippen LogP contribution in [0.15, 0.2) is 0 Å². The number of piperidine rings is 1. The zero-order valence-electron chi connectivity index (χ0n) is 13.5. The first-order chi connectivity index (χ1) is 10.7. The van der Waals surface area contributed by atoms with Crippen molar-refractivity contribution in [2.75, 3.05) is 26.3 Å². The van der Waals surface area contributed by atoms with Gasteiger partial charge in [-0.05, 0) is 44.9 Å². The molecule has 0 aromatic carbocycles. The highest BCUT2D eigenvalue weighted by Crippen LogP contribution is 2.27. The Labute approximate surface area is 133 Å². The Hall–Kier alpha value is -0.650. The van der Waals surface area contributed by atoms with Crippen LogP contribution in [0, 0.1) is 5.92 Å². The largest absolute Gasteiger partial charge is 0.376 e. The van der Waals surface area contributed by atoms with E-state index in [1.165, 1.54) is 12.8 Å². The highest BCUT2D eigenvalue weighted by atomic mass is 16.5. The molecule has 3 atom stereocenters. The third-order valence-corrected chi connectivity index (χ3v) is 5.43. The standard InChI is InChI=1S/C17H30N2O3/c18-16-6-3-5-15(16)17(20)19-9-7-13(8-10-19)22-12-14-4-1-2-11-21-14/h13-16H,1-12,18H2. The molecule has 2 N–H and O–H groups in total. The molecule has 0 bridgehead atoms. The van der Waals surface area contributed by atoms with Gasteiger partial charge in [0.15, 0.2) is 0 Å². The Morgan fingerprint density at radius 1 is 1.09 bits per heavy atom. The summed E-state index contributed by atoms with van der Waals surface area (Å²) in [6.45, 7) is 3.23. The van der Waals surface area contributed by atoms with Crippen molar-refractivity contribution in [2.24, 2.45) is 11.7 Å². The van der Waals surface area contributed by atoms with Crippen LogP contribution in [0.5, 0.6) is 0 Å². The third-order valence-electron chi connectivity index (χ3n) is 5.43. The van der Waals surface area contributed by atoms with Gasteiger partial charge in [0.05, 0.1) is 24.7 Å². The lowest BCUT2D eigenvalue weighted by atomic mass is 10.00. The van der Waals surface area contributed by atoms with Crippen LogP contribution in [-0.4, -0.2) is 55.4 Å². The molecule has 22 heavy (non-hydrogen) atoms. The Morgan fingerprint density at radius 2 is 1.91 bits per heavy atom. The van der Waals surface area contributed by atoms with Crippen LogP contribution in [0.25, 0.3) is 0 Å². The van der Waals surface area contributed by atoms with E-state index >= 15 is 0 Å². The van der Waals surface area contributed by atoms with Crippen LogP contribution in [0.3, 0.4) is 0 Å². The molecule has 0 spiro atoms. The van der Waals surface area contributed by atoms with Crippen molar-refractivity contribution in [3.63, 3.8) is 0 Å². The van der Waals surface area contributed by atoms with E-state index < -0.39 is 0 Å². The number of carbonyl (C=O) groups is 1. The summed E-state index contributed by atoms with van der Waals surface area (Å²) in [6, 6.07) is 0.0740. The van der Waals surface area contributed by atoms with Gasteiger partial charge in [-0.25, -0.2) is 0 Å². The first kappa shape index (κ1) is 16.2. The van der Waals surface area contributed by atoms with Crippen LogP contribution in [0.1, 0.15) is 51.4 Å². The fraction of sp³-hybridized carbons (Fsp3) is 0.941. The molecule has 0 aromatic heterocycles. The lowest BCUT2D eigenvalue weighted by molar-refractivity contribution is -0.139. The van der Waals surface area contributed by atoms with Crippen molar-refractivity contribution in [1.29, 1.82) is 0 Å². The molecular weight excluding hydrogens is 280 g/mol. The van der Waals surface area contributed by atoms with Gasteiger partial charge in [0, 0.05) is 25.7 Å². The minimum atomic E-state index is 0.0631. The fourth-order valence-electron chi connectivity index (χ4n) is 3.95. The van der Waals surface area contributed by atoms with Crippen LogP contribution in [0.4, 0.5) is 0 Å². The normalized spacial score (nSPS) is 34.0. The van der Waals surface area contributed by atoms with Crippen LogP contribution in [-0.2, 0) is 14.3 Å². The smallest absolute Gasteiger partial charge is 0.227 e. The summed E-state index contributed by atoms with van der Waals surface area (Å²) in [4.78, 5) is 14.5. The second-order valence-electron chi connectivity index (χ2n) is 7.05. The van der Waals surface area contributed by atoms with Crippen LogP contribution in [0.2, 0.25) is 0 Å². The number of likely N-dealkylation sites (tertiary alicyclic amines) is 1. The van der Waals surface area contributed by atoms with Gasteiger partial charge < -0.3 is 20.1 Å². The number of hydrogen-bond acceptors (Lipinski definition) is 4. The van der Waals surface area contributed by atoms with Crippen molar-refractivity contribution in [3.05, 3.63) is 0 Å². The number of amides is 1. The number of nitrogens with two attached hydrogens (primary N) is 1. The van der Waals surface area contributed by atoms with Gasteiger partial charge in [-0.15, -0.1) is 0 Å². The van der Waals surface area contributed by atoms with Crippen molar-refractivity contribution in [3.8, 4) is 0 Å². The molecule has 0 radical (unpaired) electrons. The minimum absolute atomic E-state index is 0.0631. The summed E-state index contributed by atoms with van der Waals surface area (Å²) in [5, 5.41) is 0. The lowest BCUT2D eigenvalue weighted by Gasteiger charge is -2.35. The Balaban J connectivity index is 1.37. The summed E-state index contributed by atoms with van der Waals surface area (Å²) < 4.78 is 11.7. The third kappa shape index (κ3) is 4.00. The van der Waals surface area contributed by atoms with E-state index in [0.29, 0.717) is 6.61 Å². The van der Waals surface area contributed by atoms with Gasteiger partial charge in [-0.3, -0.25) is 4.79 Å². The maximum Gasteiger partial charge on any atom is 0.227 e. The quantitative estimate of drug-likeness (QED) is 0.858. The van der Waals surface area contributed by atoms with Gasteiger partial charge in [0.25, 0.3) is 0 Å². The molecule has 5 heteroatoms. The predicted molar refractivity (Wildman–Crippen MR) is 84.5 cm³/mol. The lowest BCUT2D eigenvalue weighted by Crippen LogP contribution is -2.46. The second-order valence-corrected chi connectivity index (χ2v) is 7.05. The first-order valence-corrected chi connectivity index (χ1v) is 9.01. The SMILES string of the molecule is NC1CCCC1C(=O)N1CCC(OCC2CCCCO2)CC1. The van der Waals surface area contributed by atoms with E-state index in [1.54, 1.807) is 0 Å². The summed E-state index contributed by atoms with van der Waals surface area (Å²) in [5.41, 5.74) is 6.06. The molecule has 1 amide bonds. The van der Waals surface area contributed by atoms with E-state index in [2.05, 4.69) is 0 Å². The number of nitrogens with zero attached hydrogens (tertiary/aromatic N) is 1. The van der Waals surface area contributed by atoms with E-state index in [1.807, 2.05) is 4.90 Å². The molecule has 3 rings (SSSR count). The predicted octanol–water partition coefficient (Wildman–Crippen LogP) is 1.69. The molecular formula is C17H30N2O3. The van der Waals surface area contributed by atoms with Gasteiger partial charge in [-0.1, -0.05) is 6.42 Å². The van der Waals surface area contributed by atoms with Crippen LogP contribution >= 0.6 is 0 Å². The molecule has 3 aliphatic rings. The summed E-state index contributed by atoms with van der Waals surface area (Å²) in [7, 11) is 0. The zero-order valence-corrected chi connectivity index (χ0v) is 13.5. The molecule has 2 aliphatic heterocycles. The Kier molecular flexibility index (Phi) is 5.71. The second kappa shape index (κ2) is 7.75. The molecule has 5 nitrogen and oxygen atoms in total. The number of ether oxygens (including phenoxy) is 2. The van der Waals surface area contributed by atoms with Gasteiger partial charge in [-0.2, -0.15) is 0 Å². The van der Waals surface area contributed by atoms with Crippen molar-refractivity contribution < 1.29 is 14.3 Å². The van der Waals surface area contributed by atoms with E-state index in [9.17, 15) is 4.79 Å². The summed E-state index contributed by atoms with van der Waals surface area (Å²) >= 11 is 0. The van der Waals surface area contributed by atoms with Crippen molar-refractivity contribution in [2.45, 2.75) is 69.6 Å². The van der Waals surface area contributed by atoms with Gasteiger partial charge in [0.2, 0.25) is 5.91 Å². The minimum Gasteiger partial charge on any atom is -0.376 e. The maximum atomic E-state index is 12.5. The Bertz CT molecular complexity index is 363. The molecule has 126 valence electrons. The molecule has 1 saturated carbocycles.